The van der Waals surface area contributed by atoms with Crippen LogP contribution in [-0.4, -0.2) is 29.9 Å². The van der Waals surface area contributed by atoms with E-state index in [0.717, 1.165) is 16.8 Å². The number of anilines is 1. The molecule has 2 aromatic rings. The zero-order valence-corrected chi connectivity index (χ0v) is 13.5. The Morgan fingerprint density at radius 3 is 2.25 bits per heavy atom. The highest BCUT2D eigenvalue weighted by Crippen LogP contribution is 2.46. The minimum atomic E-state index is -0.756. The molecule has 2 heterocycles. The van der Waals surface area contributed by atoms with Crippen LogP contribution in [0, 0.1) is 12.8 Å². The smallest absolute Gasteiger partial charge is 0.261 e. The molecule has 0 spiro atoms. The SMILES string of the molecule is Cc1ccc([C@H]2[C@H]3C(=O)N(C)C(=O)[C@H]3ON2c2ccccc2)cc1. The maximum absolute atomic E-state index is 12.6. The van der Waals surface area contributed by atoms with Crippen LogP contribution in [0.3, 0.4) is 0 Å². The van der Waals surface area contributed by atoms with Gasteiger partial charge in [0.1, 0.15) is 5.92 Å². The summed E-state index contributed by atoms with van der Waals surface area (Å²) in [5, 5.41) is 1.71. The maximum atomic E-state index is 12.6. The molecule has 2 fully saturated rings. The Labute approximate surface area is 140 Å². The third kappa shape index (κ3) is 2.12. The van der Waals surface area contributed by atoms with Crippen molar-refractivity contribution in [3.63, 3.8) is 0 Å². The molecule has 2 aliphatic heterocycles. The van der Waals surface area contributed by atoms with Crippen LogP contribution >= 0.6 is 0 Å². The Kier molecular flexibility index (Phi) is 3.39. The first-order valence-corrected chi connectivity index (χ1v) is 7.97. The lowest BCUT2D eigenvalue weighted by Gasteiger charge is -2.28. The van der Waals surface area contributed by atoms with Crippen LogP contribution in [0.4, 0.5) is 5.69 Å². The van der Waals surface area contributed by atoms with Gasteiger partial charge in [0.2, 0.25) is 5.91 Å². The number of benzene rings is 2. The molecule has 0 aromatic heterocycles. The normalized spacial score (nSPS) is 26.2. The van der Waals surface area contributed by atoms with Crippen LogP contribution in [0.2, 0.25) is 0 Å². The van der Waals surface area contributed by atoms with Crippen LogP contribution in [-0.2, 0) is 14.4 Å². The van der Waals surface area contributed by atoms with Crippen LogP contribution in [0.5, 0.6) is 0 Å². The highest BCUT2D eigenvalue weighted by atomic mass is 16.7. The van der Waals surface area contributed by atoms with Gasteiger partial charge in [-0.3, -0.25) is 19.3 Å². The molecule has 4 rings (SSSR count). The van der Waals surface area contributed by atoms with Crippen molar-refractivity contribution in [2.75, 3.05) is 12.1 Å². The van der Waals surface area contributed by atoms with Crippen LogP contribution in [0.1, 0.15) is 17.2 Å². The fourth-order valence-corrected chi connectivity index (χ4v) is 3.45. The molecule has 2 amide bonds. The number of aryl methyl sites for hydroxylation is 1. The van der Waals surface area contributed by atoms with Crippen molar-refractivity contribution in [3.8, 4) is 0 Å². The van der Waals surface area contributed by atoms with Gasteiger partial charge in [-0.25, -0.2) is 5.06 Å². The topological polar surface area (TPSA) is 49.9 Å². The molecule has 2 aromatic carbocycles. The second-order valence-corrected chi connectivity index (χ2v) is 6.30. The van der Waals surface area contributed by atoms with Gasteiger partial charge in [-0.1, -0.05) is 48.0 Å². The lowest BCUT2D eigenvalue weighted by atomic mass is 9.90. The third-order valence-electron chi connectivity index (χ3n) is 4.77. The molecule has 0 saturated carbocycles. The number of carbonyl (C=O) groups is 2. The summed E-state index contributed by atoms with van der Waals surface area (Å²) in [6.45, 7) is 2.02. The van der Waals surface area contributed by atoms with Crippen molar-refractivity contribution in [1.29, 1.82) is 0 Å². The van der Waals surface area contributed by atoms with Gasteiger partial charge in [0.25, 0.3) is 5.91 Å². The van der Waals surface area contributed by atoms with Gasteiger partial charge >= 0.3 is 0 Å². The van der Waals surface area contributed by atoms with Crippen LogP contribution in [0.15, 0.2) is 54.6 Å². The number of carbonyl (C=O) groups excluding carboxylic acids is 2. The van der Waals surface area contributed by atoms with E-state index < -0.39 is 12.0 Å². The van der Waals surface area contributed by atoms with E-state index in [2.05, 4.69) is 0 Å². The molecular formula is C19H18N2O3. The molecule has 0 N–H and O–H groups in total. The van der Waals surface area contributed by atoms with Crippen molar-refractivity contribution in [2.24, 2.45) is 5.92 Å². The van der Waals surface area contributed by atoms with E-state index in [-0.39, 0.29) is 17.9 Å². The summed E-state index contributed by atoms with van der Waals surface area (Å²) in [5.41, 5.74) is 2.94. The molecular weight excluding hydrogens is 304 g/mol. The summed E-state index contributed by atoms with van der Waals surface area (Å²) in [6.07, 6.45) is -0.756. The molecule has 5 heteroatoms. The third-order valence-corrected chi connectivity index (χ3v) is 4.77. The molecule has 24 heavy (non-hydrogen) atoms. The van der Waals surface area contributed by atoms with Gasteiger partial charge in [0.15, 0.2) is 6.10 Å². The quantitative estimate of drug-likeness (QED) is 0.797. The molecule has 2 aliphatic rings. The highest BCUT2D eigenvalue weighted by Gasteiger charge is 2.58. The predicted octanol–water partition coefficient (Wildman–Crippen LogP) is 2.47. The standard InChI is InChI=1S/C19H18N2O3/c1-12-8-10-13(11-9-12)16-15-17(19(23)20(2)18(15)22)24-21(16)14-6-4-3-5-7-14/h3-11,15-17H,1-2H3/t15-,16+,17+/m1/s1. The van der Waals surface area contributed by atoms with E-state index in [1.165, 1.54) is 11.9 Å². The summed E-state index contributed by atoms with van der Waals surface area (Å²) in [6, 6.07) is 17.3. The Morgan fingerprint density at radius 2 is 1.58 bits per heavy atom. The Morgan fingerprint density at radius 1 is 0.917 bits per heavy atom. The zero-order valence-electron chi connectivity index (χ0n) is 13.5. The molecule has 2 saturated heterocycles. The van der Waals surface area contributed by atoms with Crippen molar-refractivity contribution in [1.82, 2.24) is 4.90 Å². The molecule has 0 radical (unpaired) electrons. The van der Waals surface area contributed by atoms with E-state index >= 15 is 0 Å². The lowest BCUT2D eigenvalue weighted by Crippen LogP contribution is -2.34. The average Bonchev–Trinajstić information content (AvgIpc) is 3.09. The number of hydrogen-bond donors (Lipinski definition) is 0. The molecule has 0 bridgehead atoms. The minimum absolute atomic E-state index is 0.186. The predicted molar refractivity (Wildman–Crippen MR) is 89.0 cm³/mol. The summed E-state index contributed by atoms with van der Waals surface area (Å²) in [4.78, 5) is 32.1. The van der Waals surface area contributed by atoms with Crippen molar-refractivity contribution in [2.45, 2.75) is 19.1 Å². The average molecular weight is 322 g/mol. The van der Waals surface area contributed by atoms with E-state index in [1.807, 2.05) is 61.5 Å². The fraction of sp³-hybridized carbons (Fsp3) is 0.263. The number of imide groups is 1. The Balaban J connectivity index is 1.81. The monoisotopic (exact) mass is 322 g/mol. The number of likely N-dealkylation sites (tertiary alicyclic amines) is 1. The Bertz CT molecular complexity index is 788. The largest absolute Gasteiger partial charge is 0.283 e. The van der Waals surface area contributed by atoms with Gasteiger partial charge in [-0.15, -0.1) is 0 Å². The number of hydrogen-bond acceptors (Lipinski definition) is 4. The summed E-state index contributed by atoms with van der Waals surface area (Å²) in [5.74, 6) is -0.986. The highest BCUT2D eigenvalue weighted by molar-refractivity contribution is 6.07. The fourth-order valence-electron chi connectivity index (χ4n) is 3.45. The summed E-state index contributed by atoms with van der Waals surface area (Å²) in [7, 11) is 1.52. The van der Waals surface area contributed by atoms with Gasteiger partial charge in [-0.05, 0) is 24.6 Å². The van der Waals surface area contributed by atoms with Crippen LogP contribution < -0.4 is 5.06 Å². The molecule has 5 nitrogen and oxygen atoms in total. The van der Waals surface area contributed by atoms with Gasteiger partial charge < -0.3 is 0 Å². The molecule has 122 valence electrons. The molecule has 3 atom stereocenters. The first-order valence-electron chi connectivity index (χ1n) is 7.97. The number of nitrogens with zero attached hydrogens (tertiary/aromatic N) is 2. The van der Waals surface area contributed by atoms with E-state index in [4.69, 9.17) is 4.84 Å². The van der Waals surface area contributed by atoms with Crippen molar-refractivity contribution < 1.29 is 14.4 Å². The zero-order chi connectivity index (χ0) is 16.8. The van der Waals surface area contributed by atoms with Gasteiger partial charge in [-0.2, -0.15) is 0 Å². The van der Waals surface area contributed by atoms with Crippen molar-refractivity contribution >= 4 is 17.5 Å². The summed E-state index contributed by atoms with van der Waals surface area (Å²) >= 11 is 0. The second kappa shape index (κ2) is 5.46. The number of hydroxylamine groups is 1. The Hall–Kier alpha value is -2.66. The van der Waals surface area contributed by atoms with E-state index in [1.54, 1.807) is 5.06 Å². The second-order valence-electron chi connectivity index (χ2n) is 6.30. The number of para-hydroxylation sites is 1. The number of amides is 2. The van der Waals surface area contributed by atoms with E-state index in [9.17, 15) is 9.59 Å². The summed E-state index contributed by atoms with van der Waals surface area (Å²) < 4.78 is 0. The number of rotatable bonds is 2. The number of likely N-dealkylation sites (N-methyl/N-ethyl adjacent to an activating group) is 1. The minimum Gasteiger partial charge on any atom is -0.283 e. The molecule has 0 unspecified atom stereocenters. The van der Waals surface area contributed by atoms with E-state index in [0.29, 0.717) is 0 Å². The van der Waals surface area contributed by atoms with Crippen LogP contribution in [0.25, 0.3) is 0 Å². The molecule has 0 aliphatic carbocycles. The first-order chi connectivity index (χ1) is 11.6. The maximum Gasteiger partial charge on any atom is 0.261 e. The van der Waals surface area contributed by atoms with Crippen molar-refractivity contribution in [3.05, 3.63) is 65.7 Å². The van der Waals surface area contributed by atoms with Gasteiger partial charge in [0.05, 0.1) is 11.7 Å². The lowest BCUT2D eigenvalue weighted by molar-refractivity contribution is -0.141. The first kappa shape index (κ1) is 14.9. The van der Waals surface area contributed by atoms with Gasteiger partial charge in [0, 0.05) is 7.05 Å². The number of fused-ring (bicyclic) bond motifs is 1.